The average molecular weight is 352 g/mol. The highest BCUT2D eigenvalue weighted by Crippen LogP contribution is 2.22. The molecule has 0 amide bonds. The van der Waals surface area contributed by atoms with E-state index in [2.05, 4.69) is 25.8 Å². The lowest BCUT2D eigenvalue weighted by Crippen LogP contribution is -2.42. The highest BCUT2D eigenvalue weighted by atomic mass is 79.9. The smallest absolute Gasteiger partial charge is 0.258 e. The summed E-state index contributed by atoms with van der Waals surface area (Å²) in [6.07, 6.45) is 3.24. The third-order valence-electron chi connectivity index (χ3n) is 4.00. The van der Waals surface area contributed by atoms with E-state index < -0.39 is 5.60 Å². The number of aromatic nitrogens is 2. The molecule has 2 aromatic rings. The Kier molecular flexibility index (Phi) is 3.86. The Hall–Kier alpha value is -1.24. The first-order valence-corrected chi connectivity index (χ1v) is 7.85. The number of pyridine rings is 1. The number of likely N-dealkylation sites (tertiary alicyclic amines) is 1. The normalized spacial score (nSPS) is 19.0. The maximum atomic E-state index is 12.1. The van der Waals surface area contributed by atoms with E-state index in [0.717, 1.165) is 36.1 Å². The van der Waals surface area contributed by atoms with Crippen LogP contribution < -0.4 is 5.56 Å². The fourth-order valence-electron chi connectivity index (χ4n) is 2.63. The van der Waals surface area contributed by atoms with E-state index in [0.29, 0.717) is 12.2 Å². The zero-order valence-electron chi connectivity index (χ0n) is 11.9. The Morgan fingerprint density at radius 2 is 2.10 bits per heavy atom. The van der Waals surface area contributed by atoms with Crippen molar-refractivity contribution in [2.24, 2.45) is 0 Å². The number of halogens is 1. The van der Waals surface area contributed by atoms with Crippen molar-refractivity contribution in [3.8, 4) is 0 Å². The molecule has 112 valence electrons. The second kappa shape index (κ2) is 5.51. The summed E-state index contributed by atoms with van der Waals surface area (Å²) in [6.45, 7) is 4.18. The molecule has 6 heteroatoms. The standard InChI is InChI=1S/C15H18BrN3O2/c1-15(21)4-6-18(7-5-15)10-12-8-14(20)19-9-11(16)2-3-13(19)17-12/h2-3,8-9,21H,4-7,10H2,1H3. The van der Waals surface area contributed by atoms with Gasteiger partial charge in [0.1, 0.15) is 5.65 Å². The summed E-state index contributed by atoms with van der Waals surface area (Å²) in [6, 6.07) is 5.30. The van der Waals surface area contributed by atoms with Crippen LogP contribution in [0.15, 0.2) is 33.7 Å². The van der Waals surface area contributed by atoms with Gasteiger partial charge in [0.25, 0.3) is 5.56 Å². The van der Waals surface area contributed by atoms with E-state index >= 15 is 0 Å². The fraction of sp³-hybridized carbons (Fsp3) is 0.467. The van der Waals surface area contributed by atoms with Gasteiger partial charge in [-0.15, -0.1) is 0 Å². The molecule has 0 spiro atoms. The van der Waals surface area contributed by atoms with Crippen LogP contribution in [0.2, 0.25) is 0 Å². The SMILES string of the molecule is CC1(O)CCN(Cc2cc(=O)n3cc(Br)ccc3n2)CC1. The Labute approximate surface area is 131 Å². The van der Waals surface area contributed by atoms with Gasteiger partial charge in [0, 0.05) is 36.4 Å². The van der Waals surface area contributed by atoms with Crippen molar-refractivity contribution in [1.29, 1.82) is 0 Å². The van der Waals surface area contributed by atoms with Crippen molar-refractivity contribution in [3.05, 3.63) is 44.9 Å². The van der Waals surface area contributed by atoms with Gasteiger partial charge >= 0.3 is 0 Å². The van der Waals surface area contributed by atoms with Crippen LogP contribution in [-0.2, 0) is 6.54 Å². The van der Waals surface area contributed by atoms with E-state index in [1.54, 1.807) is 12.3 Å². The monoisotopic (exact) mass is 351 g/mol. The number of hydrogen-bond acceptors (Lipinski definition) is 4. The van der Waals surface area contributed by atoms with Crippen molar-refractivity contribution in [2.45, 2.75) is 31.9 Å². The number of rotatable bonds is 2. The van der Waals surface area contributed by atoms with Crippen molar-refractivity contribution >= 4 is 21.6 Å². The third kappa shape index (κ3) is 3.33. The van der Waals surface area contributed by atoms with Crippen LogP contribution in [0.25, 0.3) is 5.65 Å². The van der Waals surface area contributed by atoms with Crippen LogP contribution in [0.3, 0.4) is 0 Å². The molecule has 21 heavy (non-hydrogen) atoms. The van der Waals surface area contributed by atoms with E-state index in [-0.39, 0.29) is 5.56 Å². The summed E-state index contributed by atoms with van der Waals surface area (Å²) in [7, 11) is 0. The van der Waals surface area contributed by atoms with Crippen molar-refractivity contribution < 1.29 is 5.11 Å². The molecule has 3 heterocycles. The van der Waals surface area contributed by atoms with Gasteiger partial charge in [-0.05, 0) is 47.8 Å². The number of piperidine rings is 1. The highest BCUT2D eigenvalue weighted by molar-refractivity contribution is 9.10. The zero-order chi connectivity index (χ0) is 15.0. The van der Waals surface area contributed by atoms with Gasteiger partial charge in [-0.3, -0.25) is 14.1 Å². The summed E-state index contributed by atoms with van der Waals surface area (Å²) >= 11 is 3.36. The van der Waals surface area contributed by atoms with Gasteiger partial charge < -0.3 is 5.11 Å². The molecule has 2 aromatic heterocycles. The van der Waals surface area contributed by atoms with E-state index in [4.69, 9.17) is 0 Å². The molecular weight excluding hydrogens is 334 g/mol. The molecule has 1 aliphatic heterocycles. The number of fused-ring (bicyclic) bond motifs is 1. The minimum Gasteiger partial charge on any atom is -0.390 e. The quantitative estimate of drug-likeness (QED) is 0.896. The van der Waals surface area contributed by atoms with Crippen LogP contribution in [0.1, 0.15) is 25.5 Å². The van der Waals surface area contributed by atoms with E-state index in [9.17, 15) is 9.90 Å². The van der Waals surface area contributed by atoms with Crippen molar-refractivity contribution in [1.82, 2.24) is 14.3 Å². The van der Waals surface area contributed by atoms with Crippen LogP contribution in [-0.4, -0.2) is 38.1 Å². The summed E-state index contributed by atoms with van der Waals surface area (Å²) in [5.41, 5.74) is 0.813. The average Bonchev–Trinajstić information content (AvgIpc) is 2.42. The second-order valence-corrected chi connectivity index (χ2v) is 6.85. The molecule has 3 rings (SSSR count). The molecule has 0 atom stereocenters. The maximum Gasteiger partial charge on any atom is 0.258 e. The molecule has 0 bridgehead atoms. The number of hydrogen-bond donors (Lipinski definition) is 1. The molecule has 1 saturated heterocycles. The molecule has 0 aromatic carbocycles. The van der Waals surface area contributed by atoms with Gasteiger partial charge in [-0.25, -0.2) is 4.98 Å². The van der Waals surface area contributed by atoms with Gasteiger partial charge in [0.2, 0.25) is 0 Å². The van der Waals surface area contributed by atoms with Crippen molar-refractivity contribution in [2.75, 3.05) is 13.1 Å². The highest BCUT2D eigenvalue weighted by Gasteiger charge is 2.27. The third-order valence-corrected chi connectivity index (χ3v) is 4.46. The van der Waals surface area contributed by atoms with Crippen LogP contribution in [0.5, 0.6) is 0 Å². The Balaban J connectivity index is 1.82. The van der Waals surface area contributed by atoms with Crippen LogP contribution in [0.4, 0.5) is 0 Å². The summed E-state index contributed by atoms with van der Waals surface area (Å²) in [5, 5.41) is 9.97. The topological polar surface area (TPSA) is 57.8 Å². The minimum absolute atomic E-state index is 0.0692. The summed E-state index contributed by atoms with van der Waals surface area (Å²) in [4.78, 5) is 18.9. The Bertz CT molecular complexity index is 716. The lowest BCUT2D eigenvalue weighted by molar-refractivity contribution is -0.00757. The Morgan fingerprint density at radius 1 is 1.38 bits per heavy atom. The molecule has 5 nitrogen and oxygen atoms in total. The second-order valence-electron chi connectivity index (χ2n) is 5.93. The van der Waals surface area contributed by atoms with Gasteiger partial charge in [-0.2, -0.15) is 0 Å². The molecule has 1 fully saturated rings. The first-order chi connectivity index (χ1) is 9.93. The lowest BCUT2D eigenvalue weighted by atomic mass is 9.94. The van der Waals surface area contributed by atoms with Gasteiger partial charge in [0.15, 0.2) is 0 Å². The number of aliphatic hydroxyl groups is 1. The van der Waals surface area contributed by atoms with Gasteiger partial charge in [-0.1, -0.05) is 0 Å². The molecule has 0 radical (unpaired) electrons. The van der Waals surface area contributed by atoms with Crippen molar-refractivity contribution in [3.63, 3.8) is 0 Å². The summed E-state index contributed by atoms with van der Waals surface area (Å²) < 4.78 is 2.39. The van der Waals surface area contributed by atoms with E-state index in [1.165, 1.54) is 4.40 Å². The predicted octanol–water partition coefficient (Wildman–Crippen LogP) is 1.80. The molecule has 0 aliphatic carbocycles. The van der Waals surface area contributed by atoms with Crippen LogP contribution >= 0.6 is 15.9 Å². The predicted molar refractivity (Wildman–Crippen MR) is 84.3 cm³/mol. The molecular formula is C15H18BrN3O2. The number of nitrogens with zero attached hydrogens (tertiary/aromatic N) is 3. The summed E-state index contributed by atoms with van der Waals surface area (Å²) in [5.74, 6) is 0. The minimum atomic E-state index is -0.556. The molecule has 1 aliphatic rings. The van der Waals surface area contributed by atoms with Crippen LogP contribution in [0, 0.1) is 0 Å². The largest absolute Gasteiger partial charge is 0.390 e. The lowest BCUT2D eigenvalue weighted by Gasteiger charge is -2.35. The van der Waals surface area contributed by atoms with Gasteiger partial charge in [0.05, 0.1) is 11.3 Å². The first kappa shape index (κ1) is 14.7. The zero-order valence-corrected chi connectivity index (χ0v) is 13.5. The molecule has 1 N–H and O–H groups in total. The fourth-order valence-corrected chi connectivity index (χ4v) is 2.97. The first-order valence-electron chi connectivity index (χ1n) is 7.06. The molecule has 0 saturated carbocycles. The van der Waals surface area contributed by atoms with E-state index in [1.807, 2.05) is 19.1 Å². The Morgan fingerprint density at radius 3 is 2.81 bits per heavy atom. The maximum absolute atomic E-state index is 12.1. The molecule has 0 unspecified atom stereocenters.